The summed E-state index contributed by atoms with van der Waals surface area (Å²) in [6.45, 7) is 5.64. The lowest BCUT2D eigenvalue weighted by atomic mass is 10.2. The Hall–Kier alpha value is -0.290. The van der Waals surface area contributed by atoms with E-state index >= 15 is 0 Å². The topological polar surface area (TPSA) is 12.5 Å². The molecule has 5 heteroatoms. The van der Waals surface area contributed by atoms with Crippen molar-refractivity contribution in [1.82, 2.24) is 4.90 Å². The minimum Gasteiger partial charge on any atom is -0.372 e. The van der Waals surface area contributed by atoms with Crippen molar-refractivity contribution < 1.29 is 17.9 Å². The number of fused-ring (bicyclic) bond motifs is 1. The van der Waals surface area contributed by atoms with Gasteiger partial charge < -0.3 is 9.64 Å². The van der Waals surface area contributed by atoms with Crippen LogP contribution in [0.15, 0.2) is 0 Å². The number of alkyl halides is 3. The second-order valence-electron chi connectivity index (χ2n) is 5.33. The van der Waals surface area contributed by atoms with E-state index in [1.165, 1.54) is 0 Å². The number of ether oxygens (including phenoxy) is 1. The zero-order valence-corrected chi connectivity index (χ0v) is 10.3. The minimum atomic E-state index is -4.19. The smallest absolute Gasteiger partial charge is 0.372 e. The summed E-state index contributed by atoms with van der Waals surface area (Å²) in [5, 5.41) is 0. The van der Waals surface area contributed by atoms with Crippen LogP contribution in [0.2, 0.25) is 0 Å². The first-order valence-corrected chi connectivity index (χ1v) is 6.31. The summed E-state index contributed by atoms with van der Waals surface area (Å²) in [7, 11) is 0. The number of hydrogen-bond acceptors (Lipinski definition) is 2. The van der Waals surface area contributed by atoms with Crippen molar-refractivity contribution in [3.05, 3.63) is 0 Å². The molecule has 1 saturated carbocycles. The van der Waals surface area contributed by atoms with Crippen molar-refractivity contribution >= 4 is 0 Å². The normalized spacial score (nSPS) is 34.8. The van der Waals surface area contributed by atoms with Gasteiger partial charge in [0.1, 0.15) is 6.61 Å². The van der Waals surface area contributed by atoms with Crippen LogP contribution in [0.3, 0.4) is 0 Å². The predicted octanol–water partition coefficient (Wildman–Crippen LogP) is 2.54. The largest absolute Gasteiger partial charge is 0.411 e. The number of hydrogen-bond donors (Lipinski definition) is 0. The average molecular weight is 251 g/mol. The van der Waals surface area contributed by atoms with E-state index in [0.717, 1.165) is 19.5 Å². The van der Waals surface area contributed by atoms with Crippen molar-refractivity contribution in [2.45, 2.75) is 32.5 Å². The summed E-state index contributed by atoms with van der Waals surface area (Å²) in [6.07, 6.45) is -3.05. The quantitative estimate of drug-likeness (QED) is 0.744. The molecule has 1 heterocycles. The Morgan fingerprint density at radius 3 is 2.35 bits per heavy atom. The molecule has 0 aromatic rings. The molecular weight excluding hydrogens is 231 g/mol. The van der Waals surface area contributed by atoms with E-state index in [0.29, 0.717) is 23.8 Å². The third kappa shape index (κ3) is 3.13. The molecular formula is C12H20F3NO. The minimum absolute atomic E-state index is 0.281. The predicted molar refractivity (Wildman–Crippen MR) is 58.7 cm³/mol. The fraction of sp³-hybridized carbons (Fsp3) is 1.00. The maximum atomic E-state index is 11.9. The first-order chi connectivity index (χ1) is 7.92. The van der Waals surface area contributed by atoms with E-state index in [-0.39, 0.29) is 6.61 Å². The number of halogens is 3. The third-order valence-electron chi connectivity index (χ3n) is 4.19. The monoisotopic (exact) mass is 251 g/mol. The van der Waals surface area contributed by atoms with Gasteiger partial charge in [0.2, 0.25) is 0 Å². The van der Waals surface area contributed by atoms with Crippen LogP contribution >= 0.6 is 0 Å². The van der Waals surface area contributed by atoms with Crippen LogP contribution in [0.4, 0.5) is 13.2 Å². The van der Waals surface area contributed by atoms with E-state index in [1.807, 2.05) is 0 Å². The summed E-state index contributed by atoms with van der Waals surface area (Å²) < 4.78 is 40.4. The molecule has 100 valence electrons. The van der Waals surface area contributed by atoms with Gasteiger partial charge in [-0.2, -0.15) is 13.2 Å². The van der Waals surface area contributed by atoms with Gasteiger partial charge in [0.15, 0.2) is 0 Å². The number of piperidine rings is 1. The van der Waals surface area contributed by atoms with E-state index in [1.54, 1.807) is 0 Å². The Labute approximate surface area is 100 Å². The van der Waals surface area contributed by atoms with E-state index in [9.17, 15) is 13.2 Å². The summed E-state index contributed by atoms with van der Waals surface area (Å²) in [4.78, 5) is 2.44. The van der Waals surface area contributed by atoms with Crippen molar-refractivity contribution in [3.8, 4) is 0 Å². The number of nitrogens with zero attached hydrogens (tertiary/aromatic N) is 1. The molecule has 0 bridgehead atoms. The molecule has 1 aliphatic carbocycles. The van der Waals surface area contributed by atoms with Crippen LogP contribution in [0.5, 0.6) is 0 Å². The van der Waals surface area contributed by atoms with Crippen LogP contribution in [0.1, 0.15) is 20.3 Å². The van der Waals surface area contributed by atoms with Gasteiger partial charge in [-0.25, -0.2) is 0 Å². The van der Waals surface area contributed by atoms with Crippen LogP contribution in [-0.2, 0) is 4.74 Å². The molecule has 0 aromatic carbocycles. The molecule has 0 amide bonds. The second-order valence-corrected chi connectivity index (χ2v) is 5.33. The van der Waals surface area contributed by atoms with Gasteiger partial charge in [0, 0.05) is 19.1 Å². The van der Waals surface area contributed by atoms with Gasteiger partial charge in [-0.1, -0.05) is 6.92 Å². The summed E-state index contributed by atoms with van der Waals surface area (Å²) in [5.74, 6) is 1.53. The Kier molecular flexibility index (Phi) is 3.69. The molecule has 4 atom stereocenters. The highest BCUT2D eigenvalue weighted by atomic mass is 19.4. The molecule has 0 radical (unpaired) electrons. The molecule has 0 spiro atoms. The average Bonchev–Trinajstić information content (AvgIpc) is 2.72. The van der Waals surface area contributed by atoms with Crippen molar-refractivity contribution in [2.24, 2.45) is 17.8 Å². The number of likely N-dealkylation sites (tertiary alicyclic amines) is 1. The lowest BCUT2D eigenvalue weighted by Crippen LogP contribution is -2.33. The molecule has 17 heavy (non-hydrogen) atoms. The van der Waals surface area contributed by atoms with E-state index in [2.05, 4.69) is 18.7 Å². The van der Waals surface area contributed by atoms with Gasteiger partial charge in [-0.15, -0.1) is 0 Å². The van der Waals surface area contributed by atoms with Crippen molar-refractivity contribution in [3.63, 3.8) is 0 Å². The Morgan fingerprint density at radius 2 is 1.88 bits per heavy atom. The van der Waals surface area contributed by atoms with Gasteiger partial charge >= 0.3 is 6.18 Å². The molecule has 1 unspecified atom stereocenters. The first kappa shape index (κ1) is 13.1. The van der Waals surface area contributed by atoms with E-state index < -0.39 is 12.8 Å². The number of rotatable bonds is 5. The fourth-order valence-electron chi connectivity index (χ4n) is 2.86. The van der Waals surface area contributed by atoms with Gasteiger partial charge in [-0.05, 0) is 31.1 Å². The van der Waals surface area contributed by atoms with Crippen molar-refractivity contribution in [2.75, 3.05) is 26.3 Å². The third-order valence-corrected chi connectivity index (χ3v) is 4.19. The molecule has 2 nitrogen and oxygen atoms in total. The Bertz CT molecular complexity index is 257. The summed E-state index contributed by atoms with van der Waals surface area (Å²) in [5.41, 5.74) is 0. The zero-order valence-electron chi connectivity index (χ0n) is 10.3. The van der Waals surface area contributed by atoms with Gasteiger partial charge in [0.05, 0.1) is 6.61 Å². The van der Waals surface area contributed by atoms with Gasteiger partial charge in [0.25, 0.3) is 0 Å². The molecule has 0 aromatic heterocycles. The molecule has 2 rings (SSSR count). The second kappa shape index (κ2) is 4.76. The summed E-state index contributed by atoms with van der Waals surface area (Å²) in [6, 6.07) is 0.597. The molecule has 0 N–H and O–H groups in total. The van der Waals surface area contributed by atoms with Crippen LogP contribution in [0.25, 0.3) is 0 Å². The van der Waals surface area contributed by atoms with Crippen LogP contribution in [0, 0.1) is 17.8 Å². The maximum Gasteiger partial charge on any atom is 0.411 e. The van der Waals surface area contributed by atoms with E-state index in [4.69, 9.17) is 4.74 Å². The standard InChI is InChI=1S/C12H20F3NO/c1-3-8(2)16-4-9-10(5-16)11(9)6-17-7-12(13,14)15/h8-11H,3-7H2,1-2H3/t8?,9-,10+,11+. The maximum absolute atomic E-state index is 11.9. The fourth-order valence-corrected chi connectivity index (χ4v) is 2.86. The molecule has 2 fully saturated rings. The zero-order chi connectivity index (χ0) is 12.6. The van der Waals surface area contributed by atoms with Crippen molar-refractivity contribution in [1.29, 1.82) is 0 Å². The highest BCUT2D eigenvalue weighted by Gasteiger charge is 2.55. The Morgan fingerprint density at radius 1 is 1.29 bits per heavy atom. The van der Waals surface area contributed by atoms with Crippen LogP contribution in [-0.4, -0.2) is 43.4 Å². The summed E-state index contributed by atoms with van der Waals surface area (Å²) >= 11 is 0. The lowest BCUT2D eigenvalue weighted by Gasteiger charge is -2.25. The molecule has 1 aliphatic heterocycles. The van der Waals surface area contributed by atoms with Crippen LogP contribution < -0.4 is 0 Å². The SMILES string of the molecule is CCC(C)N1C[C@@H]2[C@@H](COCC(F)(F)F)[C@@H]2C1. The molecule has 2 aliphatic rings. The lowest BCUT2D eigenvalue weighted by molar-refractivity contribution is -0.175. The molecule has 1 saturated heterocycles. The van der Waals surface area contributed by atoms with Gasteiger partial charge in [-0.3, -0.25) is 0 Å². The highest BCUT2D eigenvalue weighted by Crippen LogP contribution is 2.52. The highest BCUT2D eigenvalue weighted by molar-refractivity contribution is 5.05. The first-order valence-electron chi connectivity index (χ1n) is 6.31. The Balaban J connectivity index is 1.64.